The summed E-state index contributed by atoms with van der Waals surface area (Å²) >= 11 is 1.50. The average Bonchev–Trinajstić information content (AvgIpc) is 3.10. The molecule has 3 heterocycles. The summed E-state index contributed by atoms with van der Waals surface area (Å²) in [6.07, 6.45) is 9.49. The first-order valence-corrected chi connectivity index (χ1v) is 8.41. The number of aromatic amines is 1. The van der Waals surface area contributed by atoms with Gasteiger partial charge in [-0.05, 0) is 37.8 Å². The third kappa shape index (κ3) is 2.43. The zero-order valence-corrected chi connectivity index (χ0v) is 12.9. The molecule has 6 heteroatoms. The van der Waals surface area contributed by atoms with Crippen molar-refractivity contribution in [1.29, 1.82) is 0 Å². The Morgan fingerprint density at radius 3 is 2.86 bits per heavy atom. The van der Waals surface area contributed by atoms with Crippen LogP contribution < -0.4 is 4.74 Å². The largest absolute Gasteiger partial charge is 0.502 e. The number of aromatic hydroxyl groups is 1. The summed E-state index contributed by atoms with van der Waals surface area (Å²) in [6, 6.07) is 3.84. The van der Waals surface area contributed by atoms with Crippen LogP contribution in [0.2, 0.25) is 0 Å². The Labute approximate surface area is 132 Å². The summed E-state index contributed by atoms with van der Waals surface area (Å²) in [5.74, 6) is 0.574. The molecule has 1 aliphatic carbocycles. The monoisotopic (exact) mass is 315 g/mol. The summed E-state index contributed by atoms with van der Waals surface area (Å²) in [4.78, 5) is 12.6. The second-order valence-electron chi connectivity index (χ2n) is 5.62. The second kappa shape index (κ2) is 5.61. The van der Waals surface area contributed by atoms with Gasteiger partial charge in [0.2, 0.25) is 11.6 Å². The van der Waals surface area contributed by atoms with Crippen molar-refractivity contribution in [3.05, 3.63) is 24.5 Å². The highest BCUT2D eigenvalue weighted by Gasteiger charge is 2.21. The van der Waals surface area contributed by atoms with Gasteiger partial charge in [-0.25, -0.2) is 4.98 Å². The van der Waals surface area contributed by atoms with Gasteiger partial charge in [-0.1, -0.05) is 17.8 Å². The van der Waals surface area contributed by atoms with Crippen molar-refractivity contribution in [2.45, 2.75) is 38.2 Å². The predicted molar refractivity (Wildman–Crippen MR) is 86.4 cm³/mol. The van der Waals surface area contributed by atoms with E-state index in [1.807, 2.05) is 12.1 Å². The van der Waals surface area contributed by atoms with Crippen LogP contribution in [0.3, 0.4) is 0 Å². The summed E-state index contributed by atoms with van der Waals surface area (Å²) in [5.41, 5.74) is 1.53. The first-order valence-electron chi connectivity index (χ1n) is 7.60. The molecule has 2 N–H and O–H groups in total. The molecule has 3 aromatic rings. The van der Waals surface area contributed by atoms with E-state index >= 15 is 0 Å². The molecular weight excluding hydrogens is 298 g/mol. The summed E-state index contributed by atoms with van der Waals surface area (Å²) in [7, 11) is 0. The van der Waals surface area contributed by atoms with E-state index in [0.29, 0.717) is 11.4 Å². The molecule has 0 bridgehead atoms. The molecular formula is C16H17N3O2S. The van der Waals surface area contributed by atoms with E-state index in [1.165, 1.54) is 30.6 Å². The molecule has 114 valence electrons. The first-order chi connectivity index (χ1) is 10.8. The second-order valence-corrected chi connectivity index (χ2v) is 6.62. The number of aromatic nitrogens is 3. The fourth-order valence-corrected chi connectivity index (χ4v) is 3.83. The van der Waals surface area contributed by atoms with Crippen LogP contribution in [0.25, 0.3) is 20.9 Å². The van der Waals surface area contributed by atoms with Crippen LogP contribution in [-0.4, -0.2) is 26.2 Å². The minimum atomic E-state index is 0.118. The number of nitrogens with zero attached hydrogens (tertiary/aromatic N) is 2. The van der Waals surface area contributed by atoms with Gasteiger partial charge in [0.1, 0.15) is 21.5 Å². The fraction of sp³-hybridized carbons (Fsp3) is 0.375. The Bertz CT molecular complexity index is 775. The quantitative estimate of drug-likeness (QED) is 0.763. The van der Waals surface area contributed by atoms with Gasteiger partial charge < -0.3 is 14.8 Å². The Hall–Kier alpha value is -2.08. The molecule has 5 nitrogen and oxygen atoms in total. The first kappa shape index (κ1) is 13.6. The minimum absolute atomic E-state index is 0.118. The van der Waals surface area contributed by atoms with Crippen molar-refractivity contribution in [3.8, 4) is 22.2 Å². The van der Waals surface area contributed by atoms with Crippen LogP contribution >= 0.6 is 11.3 Å². The molecule has 0 spiro atoms. The number of nitrogens with one attached hydrogen (secondary N) is 1. The van der Waals surface area contributed by atoms with Crippen molar-refractivity contribution >= 4 is 21.7 Å². The zero-order valence-electron chi connectivity index (χ0n) is 12.1. The number of thiazole rings is 1. The van der Waals surface area contributed by atoms with Crippen LogP contribution in [0.5, 0.6) is 11.6 Å². The van der Waals surface area contributed by atoms with E-state index in [1.54, 1.807) is 12.4 Å². The summed E-state index contributed by atoms with van der Waals surface area (Å²) in [5, 5.41) is 11.2. The topological polar surface area (TPSA) is 71.0 Å². The Morgan fingerprint density at radius 2 is 2.14 bits per heavy atom. The third-order valence-electron chi connectivity index (χ3n) is 4.04. The normalized spacial score (nSPS) is 16.2. The molecule has 0 unspecified atom stereocenters. The van der Waals surface area contributed by atoms with Gasteiger partial charge in [0, 0.05) is 18.0 Å². The maximum atomic E-state index is 10.4. The van der Waals surface area contributed by atoms with Crippen molar-refractivity contribution in [1.82, 2.24) is 15.0 Å². The van der Waals surface area contributed by atoms with Crippen LogP contribution in [0.4, 0.5) is 0 Å². The van der Waals surface area contributed by atoms with Gasteiger partial charge in [-0.3, -0.25) is 4.98 Å². The standard InChI is InChI=1S/C16H17N3O2S/c20-13-12-16(19-14(13)21-11-6-2-1-3-7-11)22-15(18-12)10-5-4-8-17-9-10/h4-5,8-9,11,19-20H,1-3,6-7H2. The van der Waals surface area contributed by atoms with Gasteiger partial charge in [0.05, 0.1) is 0 Å². The lowest BCUT2D eigenvalue weighted by Gasteiger charge is -2.22. The third-order valence-corrected chi connectivity index (χ3v) is 5.06. The average molecular weight is 315 g/mol. The zero-order chi connectivity index (χ0) is 14.9. The number of hydrogen-bond acceptors (Lipinski definition) is 5. The van der Waals surface area contributed by atoms with Gasteiger partial charge in [-0.15, -0.1) is 0 Å². The minimum Gasteiger partial charge on any atom is -0.502 e. The lowest BCUT2D eigenvalue weighted by Crippen LogP contribution is -2.19. The van der Waals surface area contributed by atoms with Gasteiger partial charge in [0.25, 0.3) is 0 Å². The molecule has 22 heavy (non-hydrogen) atoms. The molecule has 0 saturated heterocycles. The van der Waals surface area contributed by atoms with E-state index in [2.05, 4.69) is 15.0 Å². The molecule has 1 fully saturated rings. The summed E-state index contributed by atoms with van der Waals surface area (Å²) < 4.78 is 5.92. The van der Waals surface area contributed by atoms with E-state index in [0.717, 1.165) is 28.2 Å². The Morgan fingerprint density at radius 1 is 1.27 bits per heavy atom. The van der Waals surface area contributed by atoms with E-state index in [-0.39, 0.29) is 11.9 Å². The molecule has 0 radical (unpaired) electrons. The van der Waals surface area contributed by atoms with Crippen LogP contribution in [0.1, 0.15) is 32.1 Å². The Kier molecular flexibility index (Phi) is 3.46. The number of hydrogen-bond donors (Lipinski definition) is 2. The van der Waals surface area contributed by atoms with Crippen LogP contribution in [0.15, 0.2) is 24.5 Å². The molecule has 1 saturated carbocycles. The molecule has 1 aliphatic rings. The number of fused-ring (bicyclic) bond motifs is 1. The lowest BCUT2D eigenvalue weighted by atomic mass is 9.98. The number of rotatable bonds is 3. The van der Waals surface area contributed by atoms with E-state index in [9.17, 15) is 5.11 Å². The van der Waals surface area contributed by atoms with Crippen LogP contribution in [0, 0.1) is 0 Å². The highest BCUT2D eigenvalue weighted by Crippen LogP contribution is 2.40. The molecule has 3 aromatic heterocycles. The number of pyridine rings is 1. The molecule has 0 aliphatic heterocycles. The Balaban J connectivity index is 1.63. The van der Waals surface area contributed by atoms with E-state index < -0.39 is 0 Å². The van der Waals surface area contributed by atoms with E-state index in [4.69, 9.17) is 4.74 Å². The van der Waals surface area contributed by atoms with Crippen molar-refractivity contribution in [2.75, 3.05) is 0 Å². The fourth-order valence-electron chi connectivity index (χ4n) is 2.88. The number of H-pyrrole nitrogens is 1. The SMILES string of the molecule is Oc1c(OC2CCCCC2)[nH]c2sc(-c3cccnc3)nc12. The lowest BCUT2D eigenvalue weighted by molar-refractivity contribution is 0.145. The molecule has 0 amide bonds. The highest BCUT2D eigenvalue weighted by atomic mass is 32.1. The molecule has 0 atom stereocenters. The van der Waals surface area contributed by atoms with Crippen molar-refractivity contribution in [3.63, 3.8) is 0 Å². The van der Waals surface area contributed by atoms with Crippen LogP contribution in [-0.2, 0) is 0 Å². The predicted octanol–water partition coefficient (Wildman–Crippen LogP) is 4.10. The van der Waals surface area contributed by atoms with Gasteiger partial charge in [-0.2, -0.15) is 0 Å². The van der Waals surface area contributed by atoms with Gasteiger partial charge in [0.15, 0.2) is 0 Å². The van der Waals surface area contributed by atoms with Crippen molar-refractivity contribution in [2.24, 2.45) is 0 Å². The molecule has 4 rings (SSSR count). The maximum Gasteiger partial charge on any atom is 0.238 e. The molecule has 0 aromatic carbocycles. The maximum absolute atomic E-state index is 10.4. The number of ether oxygens (including phenoxy) is 1. The summed E-state index contributed by atoms with van der Waals surface area (Å²) in [6.45, 7) is 0. The smallest absolute Gasteiger partial charge is 0.238 e. The van der Waals surface area contributed by atoms with Crippen molar-refractivity contribution < 1.29 is 9.84 Å². The highest BCUT2D eigenvalue weighted by molar-refractivity contribution is 7.21. The van der Waals surface area contributed by atoms with Gasteiger partial charge >= 0.3 is 0 Å².